The summed E-state index contributed by atoms with van der Waals surface area (Å²) >= 11 is 3.20. The smallest absolute Gasteiger partial charge is 0.311 e. The van der Waals surface area contributed by atoms with Gasteiger partial charge in [-0.05, 0) is 43.2 Å². The number of esters is 1. The van der Waals surface area contributed by atoms with Crippen molar-refractivity contribution in [1.82, 2.24) is 14.8 Å². The summed E-state index contributed by atoms with van der Waals surface area (Å²) in [5.74, 6) is 0.210. The maximum absolute atomic E-state index is 13.1. The van der Waals surface area contributed by atoms with E-state index in [1.54, 1.807) is 22.7 Å². The van der Waals surface area contributed by atoms with Gasteiger partial charge >= 0.3 is 5.97 Å². The van der Waals surface area contributed by atoms with Gasteiger partial charge in [0.15, 0.2) is 0 Å². The number of hydrogen-bond acceptors (Lipinski definition) is 8. The van der Waals surface area contributed by atoms with Crippen LogP contribution in [-0.2, 0) is 27.1 Å². The Bertz CT molecular complexity index is 978. The number of carbonyl (C=O) groups is 2. The lowest BCUT2D eigenvalue weighted by molar-refractivity contribution is -0.142. The number of rotatable bonds is 8. The normalized spacial score (nSPS) is 18.5. The molecule has 0 aromatic carbocycles. The predicted octanol–water partition coefficient (Wildman–Crippen LogP) is 3.98. The van der Waals surface area contributed by atoms with Crippen LogP contribution in [0.2, 0.25) is 0 Å². The Hall–Kier alpha value is -1.81. The van der Waals surface area contributed by atoms with E-state index in [0.29, 0.717) is 44.3 Å². The number of ether oxygens (including phenoxy) is 2. The number of morpholine rings is 1. The van der Waals surface area contributed by atoms with Gasteiger partial charge in [0.2, 0.25) is 0 Å². The second-order valence-corrected chi connectivity index (χ2v) is 11.4. The molecular formula is C25H35N3O4S2. The molecule has 0 bridgehead atoms. The van der Waals surface area contributed by atoms with Crippen molar-refractivity contribution in [2.75, 3.05) is 45.9 Å². The van der Waals surface area contributed by atoms with Crippen LogP contribution in [0.25, 0.3) is 0 Å². The summed E-state index contributed by atoms with van der Waals surface area (Å²) in [5, 5.41) is 5.06. The number of aromatic nitrogens is 1. The summed E-state index contributed by atoms with van der Waals surface area (Å²) in [4.78, 5) is 34.8. The Morgan fingerprint density at radius 2 is 2.00 bits per heavy atom. The average molecular weight is 506 g/mol. The number of likely N-dealkylation sites (tertiary alicyclic amines) is 1. The van der Waals surface area contributed by atoms with E-state index in [0.717, 1.165) is 48.8 Å². The molecule has 186 valence electrons. The number of hydrogen-bond donors (Lipinski definition) is 0. The number of nitrogens with zero attached hydrogens (tertiary/aromatic N) is 3. The van der Waals surface area contributed by atoms with Crippen LogP contribution in [0, 0.1) is 0 Å². The van der Waals surface area contributed by atoms with Gasteiger partial charge in [-0.1, -0.05) is 13.8 Å². The van der Waals surface area contributed by atoms with E-state index in [-0.39, 0.29) is 17.5 Å². The molecule has 0 atom stereocenters. The van der Waals surface area contributed by atoms with Crippen molar-refractivity contribution in [2.45, 2.75) is 58.0 Å². The molecule has 2 fully saturated rings. The van der Waals surface area contributed by atoms with Crippen molar-refractivity contribution in [2.24, 2.45) is 0 Å². The lowest BCUT2D eigenvalue weighted by Crippen LogP contribution is -2.58. The summed E-state index contributed by atoms with van der Waals surface area (Å²) < 4.78 is 11.3. The third kappa shape index (κ3) is 6.24. The van der Waals surface area contributed by atoms with Crippen molar-refractivity contribution in [3.8, 4) is 0 Å². The first kappa shape index (κ1) is 25.3. The lowest BCUT2D eigenvalue weighted by Gasteiger charge is -2.47. The predicted molar refractivity (Wildman–Crippen MR) is 135 cm³/mol. The summed E-state index contributed by atoms with van der Waals surface area (Å²) in [7, 11) is 0. The molecule has 0 unspecified atom stereocenters. The molecule has 1 spiro atoms. The van der Waals surface area contributed by atoms with Crippen molar-refractivity contribution >= 4 is 34.6 Å². The third-order valence-electron chi connectivity index (χ3n) is 6.59. The molecular weight excluding hydrogens is 470 g/mol. The molecule has 4 rings (SSSR count). The monoisotopic (exact) mass is 505 g/mol. The first-order chi connectivity index (χ1) is 16.4. The fraction of sp³-hybridized carbons (Fsp3) is 0.640. The molecule has 0 saturated carbocycles. The Morgan fingerprint density at radius 3 is 2.71 bits per heavy atom. The fourth-order valence-electron chi connectivity index (χ4n) is 4.61. The van der Waals surface area contributed by atoms with E-state index >= 15 is 0 Å². The van der Waals surface area contributed by atoms with Crippen LogP contribution in [0.1, 0.15) is 65.5 Å². The van der Waals surface area contributed by atoms with Crippen molar-refractivity contribution in [3.63, 3.8) is 0 Å². The zero-order valence-corrected chi connectivity index (χ0v) is 22.0. The fourth-order valence-corrected chi connectivity index (χ4v) is 6.33. The van der Waals surface area contributed by atoms with E-state index in [1.807, 2.05) is 17.2 Å². The number of carbonyl (C=O) groups excluding carboxylic acids is 2. The summed E-state index contributed by atoms with van der Waals surface area (Å²) in [5.41, 5.74) is 1.61. The van der Waals surface area contributed by atoms with E-state index in [4.69, 9.17) is 9.47 Å². The molecule has 2 aromatic rings. The van der Waals surface area contributed by atoms with Crippen LogP contribution < -0.4 is 0 Å². The number of thiazole rings is 1. The van der Waals surface area contributed by atoms with Gasteiger partial charge in [0.1, 0.15) is 5.69 Å². The molecule has 0 N–H and O–H groups in total. The molecule has 0 aliphatic carbocycles. The Kier molecular flexibility index (Phi) is 8.39. The molecule has 2 saturated heterocycles. The van der Waals surface area contributed by atoms with Crippen LogP contribution in [0.3, 0.4) is 0 Å². The average Bonchev–Trinajstić information content (AvgIpc) is 3.49. The highest BCUT2D eigenvalue weighted by Crippen LogP contribution is 2.31. The number of piperidine rings is 1. The maximum Gasteiger partial charge on any atom is 0.311 e. The molecule has 1 amide bonds. The van der Waals surface area contributed by atoms with Gasteiger partial charge in [0.05, 0.1) is 36.8 Å². The Morgan fingerprint density at radius 1 is 1.21 bits per heavy atom. The zero-order valence-electron chi connectivity index (χ0n) is 20.4. The van der Waals surface area contributed by atoms with Crippen molar-refractivity contribution < 1.29 is 19.1 Å². The van der Waals surface area contributed by atoms with Crippen molar-refractivity contribution in [3.05, 3.63) is 38.0 Å². The standard InChI is InChI=1S/C25H35N3O4S2/c1-4-31-22(29)14-20-13-19(15-33-20)5-8-27-9-6-25(7-10-27)17-28(11-12-32-25)24(30)21-16-34-23(26-21)18(2)3/h13,15-16,18H,4-12,14,17H2,1-3H3. The molecule has 7 nitrogen and oxygen atoms in total. The maximum atomic E-state index is 13.1. The molecule has 2 aliphatic heterocycles. The van der Waals surface area contributed by atoms with Gasteiger partial charge in [-0.2, -0.15) is 0 Å². The van der Waals surface area contributed by atoms with Gasteiger partial charge in [-0.15, -0.1) is 22.7 Å². The molecule has 2 aliphatic rings. The quantitative estimate of drug-likeness (QED) is 0.506. The first-order valence-electron chi connectivity index (χ1n) is 12.2. The van der Waals surface area contributed by atoms with Crippen molar-refractivity contribution in [1.29, 1.82) is 0 Å². The minimum Gasteiger partial charge on any atom is -0.466 e. The van der Waals surface area contributed by atoms with Crippen LogP contribution in [-0.4, -0.2) is 78.2 Å². The molecule has 34 heavy (non-hydrogen) atoms. The summed E-state index contributed by atoms with van der Waals surface area (Å²) in [6, 6.07) is 2.13. The third-order valence-corrected chi connectivity index (χ3v) is 8.72. The minimum atomic E-state index is -0.240. The van der Waals surface area contributed by atoms with E-state index in [1.165, 1.54) is 5.56 Å². The second kappa shape index (κ2) is 11.3. The zero-order chi connectivity index (χ0) is 24.1. The molecule has 4 heterocycles. The molecule has 0 radical (unpaired) electrons. The van der Waals surface area contributed by atoms with E-state index in [2.05, 4.69) is 35.2 Å². The summed E-state index contributed by atoms with van der Waals surface area (Å²) in [6.07, 6.45) is 3.20. The largest absolute Gasteiger partial charge is 0.466 e. The van der Waals surface area contributed by atoms with E-state index in [9.17, 15) is 9.59 Å². The van der Waals surface area contributed by atoms with Gasteiger partial charge in [0.25, 0.3) is 5.91 Å². The van der Waals surface area contributed by atoms with Gasteiger partial charge in [0, 0.05) is 42.4 Å². The number of thiophene rings is 1. The van der Waals surface area contributed by atoms with Crippen LogP contribution >= 0.6 is 22.7 Å². The Labute approximate surface area is 210 Å². The second-order valence-electron chi connectivity index (χ2n) is 9.48. The number of amides is 1. The highest BCUT2D eigenvalue weighted by molar-refractivity contribution is 7.10. The van der Waals surface area contributed by atoms with Gasteiger partial charge in [-0.3, -0.25) is 9.59 Å². The highest BCUT2D eigenvalue weighted by Gasteiger charge is 2.41. The topological polar surface area (TPSA) is 72.0 Å². The summed E-state index contributed by atoms with van der Waals surface area (Å²) in [6.45, 7) is 11.3. The van der Waals surface area contributed by atoms with Gasteiger partial charge in [-0.25, -0.2) is 4.98 Å². The molecule has 9 heteroatoms. The van der Waals surface area contributed by atoms with Crippen LogP contribution in [0.4, 0.5) is 0 Å². The van der Waals surface area contributed by atoms with Crippen LogP contribution in [0.5, 0.6) is 0 Å². The minimum absolute atomic E-state index is 0.0318. The lowest BCUT2D eigenvalue weighted by atomic mass is 9.89. The Balaban J connectivity index is 1.25. The first-order valence-corrected chi connectivity index (χ1v) is 14.0. The van der Waals surface area contributed by atoms with E-state index < -0.39 is 0 Å². The van der Waals surface area contributed by atoms with Crippen LogP contribution in [0.15, 0.2) is 16.8 Å². The molecule has 2 aromatic heterocycles. The SMILES string of the molecule is CCOC(=O)Cc1cc(CCN2CCC3(CC2)CN(C(=O)c2csc(C(C)C)n2)CCO3)cs1. The highest BCUT2D eigenvalue weighted by atomic mass is 32.1. The van der Waals surface area contributed by atoms with Gasteiger partial charge < -0.3 is 19.3 Å².